The van der Waals surface area contributed by atoms with Crippen LogP contribution in [-0.2, 0) is 16.2 Å². The van der Waals surface area contributed by atoms with E-state index in [1.807, 2.05) is 26.0 Å². The molecular formula is C31H42F3N3O2Si. The third kappa shape index (κ3) is 6.36. The first-order valence-corrected chi connectivity index (χ1v) is 16.9. The number of nitrogens with one attached hydrogen (secondary N) is 1. The van der Waals surface area contributed by atoms with Gasteiger partial charge in [0.1, 0.15) is 11.6 Å². The second-order valence-corrected chi connectivity index (χ2v) is 17.7. The maximum Gasteiger partial charge on any atom is 0.416 e. The summed E-state index contributed by atoms with van der Waals surface area (Å²) in [5, 5.41) is 16.0. The summed E-state index contributed by atoms with van der Waals surface area (Å²) in [5.41, 5.74) is 1.31. The smallest absolute Gasteiger partial charge is 0.414 e. The van der Waals surface area contributed by atoms with Crippen molar-refractivity contribution in [2.45, 2.75) is 109 Å². The lowest BCUT2D eigenvalue weighted by molar-refractivity contribution is -0.137. The number of hydrogen-bond donors (Lipinski definition) is 2. The number of fused-ring (bicyclic) bond motifs is 1. The van der Waals surface area contributed by atoms with Crippen molar-refractivity contribution in [2.24, 2.45) is 0 Å². The molecule has 2 aromatic carbocycles. The molecular weight excluding hydrogens is 531 g/mol. The van der Waals surface area contributed by atoms with Gasteiger partial charge in [0.25, 0.3) is 0 Å². The van der Waals surface area contributed by atoms with Crippen molar-refractivity contribution in [1.82, 2.24) is 9.97 Å². The van der Waals surface area contributed by atoms with E-state index in [2.05, 4.69) is 49.1 Å². The Labute approximate surface area is 236 Å². The number of benzene rings is 2. The van der Waals surface area contributed by atoms with Crippen molar-refractivity contribution in [3.63, 3.8) is 0 Å². The molecule has 4 rings (SSSR count). The topological polar surface area (TPSA) is 67.3 Å². The molecule has 0 spiro atoms. The van der Waals surface area contributed by atoms with Crippen LogP contribution in [0.25, 0.3) is 10.9 Å². The van der Waals surface area contributed by atoms with Crippen LogP contribution in [0.3, 0.4) is 0 Å². The molecule has 0 amide bonds. The predicted octanol–water partition coefficient (Wildman–Crippen LogP) is 8.59. The fourth-order valence-corrected chi connectivity index (χ4v) is 6.66. The average Bonchev–Trinajstić information content (AvgIpc) is 2.84. The summed E-state index contributed by atoms with van der Waals surface area (Å²) in [6, 6.07) is 8.84. The number of anilines is 1. The molecule has 9 heteroatoms. The average molecular weight is 574 g/mol. The molecule has 1 atom stereocenters. The van der Waals surface area contributed by atoms with Crippen LogP contribution in [0.5, 0.6) is 0 Å². The molecule has 40 heavy (non-hydrogen) atoms. The van der Waals surface area contributed by atoms with E-state index >= 15 is 0 Å². The van der Waals surface area contributed by atoms with Gasteiger partial charge in [0, 0.05) is 17.5 Å². The van der Waals surface area contributed by atoms with Crippen molar-refractivity contribution in [2.75, 3.05) is 5.32 Å². The lowest BCUT2D eigenvalue weighted by Crippen LogP contribution is -2.46. The van der Waals surface area contributed by atoms with Crippen LogP contribution < -0.4 is 5.32 Å². The van der Waals surface area contributed by atoms with Crippen molar-refractivity contribution in [1.29, 1.82) is 0 Å². The van der Waals surface area contributed by atoms with E-state index in [1.165, 1.54) is 6.07 Å². The van der Waals surface area contributed by atoms with Gasteiger partial charge in [-0.25, -0.2) is 9.97 Å². The Morgan fingerprint density at radius 1 is 1.05 bits per heavy atom. The summed E-state index contributed by atoms with van der Waals surface area (Å²) in [6.45, 7) is 16.8. The van der Waals surface area contributed by atoms with Gasteiger partial charge in [-0.2, -0.15) is 13.2 Å². The molecule has 1 heterocycles. The number of aryl methyl sites for hydroxylation is 2. The number of nitrogens with zero attached hydrogens (tertiary/aromatic N) is 2. The molecule has 5 nitrogen and oxygen atoms in total. The van der Waals surface area contributed by atoms with Crippen LogP contribution >= 0.6 is 0 Å². The summed E-state index contributed by atoms with van der Waals surface area (Å²) < 4.78 is 46.6. The van der Waals surface area contributed by atoms with Crippen LogP contribution in [0.15, 0.2) is 36.4 Å². The molecule has 0 bridgehead atoms. The zero-order valence-corrected chi connectivity index (χ0v) is 25.8. The molecule has 0 radical (unpaired) electrons. The Balaban J connectivity index is 1.62. The molecule has 1 aliphatic rings. The van der Waals surface area contributed by atoms with E-state index in [0.717, 1.165) is 47.0 Å². The minimum atomic E-state index is -4.41. The van der Waals surface area contributed by atoms with Crippen molar-refractivity contribution in [3.05, 3.63) is 64.5 Å². The monoisotopic (exact) mass is 573 g/mol. The minimum Gasteiger partial charge on any atom is -0.414 e. The first-order chi connectivity index (χ1) is 18.4. The van der Waals surface area contributed by atoms with Crippen LogP contribution in [0.2, 0.25) is 18.1 Å². The highest BCUT2D eigenvalue weighted by Gasteiger charge is 2.42. The van der Waals surface area contributed by atoms with Gasteiger partial charge in [-0.3, -0.25) is 0 Å². The lowest BCUT2D eigenvalue weighted by atomic mass is 9.78. The Morgan fingerprint density at radius 3 is 2.30 bits per heavy atom. The summed E-state index contributed by atoms with van der Waals surface area (Å²) in [7, 11) is -1.90. The van der Waals surface area contributed by atoms with Gasteiger partial charge < -0.3 is 14.8 Å². The second kappa shape index (κ2) is 10.7. The predicted molar refractivity (Wildman–Crippen MR) is 157 cm³/mol. The quantitative estimate of drug-likeness (QED) is 0.289. The van der Waals surface area contributed by atoms with Crippen LogP contribution in [0.4, 0.5) is 19.0 Å². The highest BCUT2D eigenvalue weighted by Crippen LogP contribution is 2.44. The number of hydrogen-bond acceptors (Lipinski definition) is 5. The summed E-state index contributed by atoms with van der Waals surface area (Å²) >= 11 is 0. The van der Waals surface area contributed by atoms with Crippen LogP contribution in [0, 0.1) is 13.8 Å². The molecule has 0 unspecified atom stereocenters. The number of aromatic nitrogens is 2. The first kappa shape index (κ1) is 30.5. The van der Waals surface area contributed by atoms with Gasteiger partial charge in [0.2, 0.25) is 0 Å². The minimum absolute atomic E-state index is 0.128. The second-order valence-electron chi connectivity index (χ2n) is 12.9. The molecule has 3 aromatic rings. The Bertz CT molecular complexity index is 1380. The van der Waals surface area contributed by atoms with E-state index in [1.54, 1.807) is 13.0 Å². The van der Waals surface area contributed by atoms with E-state index in [-0.39, 0.29) is 11.1 Å². The van der Waals surface area contributed by atoms with Crippen LogP contribution in [-0.4, -0.2) is 29.5 Å². The lowest BCUT2D eigenvalue weighted by Gasteiger charge is -2.43. The molecule has 2 N–H and O–H groups in total. The van der Waals surface area contributed by atoms with Gasteiger partial charge in [-0.1, -0.05) is 39.0 Å². The molecule has 1 aromatic heterocycles. The van der Waals surface area contributed by atoms with Crippen molar-refractivity contribution in [3.8, 4) is 0 Å². The molecule has 1 saturated carbocycles. The number of alkyl halides is 3. The van der Waals surface area contributed by atoms with Crippen molar-refractivity contribution < 1.29 is 22.7 Å². The van der Waals surface area contributed by atoms with Gasteiger partial charge in [0.05, 0.1) is 16.7 Å². The third-order valence-electron chi connectivity index (χ3n) is 8.73. The Hall–Kier alpha value is -2.49. The standard InChI is InChI=1S/C31H42F3N3O2Si/c1-19-16-24(30(38)14-12-25(13-15-30)39-40(7,8)29(4,5)6)18-26-27(19)36-21(3)37-28(26)35-20(2)22-10-9-11-23(17-22)31(32,33)34/h9-11,16-18,20,25,38H,12-15H2,1-8H3,(H,35,36,37)/t20-,25?,30?/m1/s1. The normalized spacial score (nSPS) is 21.4. The summed E-state index contributed by atoms with van der Waals surface area (Å²) in [6.07, 6.45) is -1.53. The maximum absolute atomic E-state index is 13.3. The number of rotatable bonds is 6. The van der Waals surface area contributed by atoms with E-state index in [9.17, 15) is 18.3 Å². The van der Waals surface area contributed by atoms with E-state index in [4.69, 9.17) is 4.43 Å². The zero-order chi connectivity index (χ0) is 29.7. The van der Waals surface area contributed by atoms with Crippen molar-refractivity contribution >= 4 is 25.0 Å². The van der Waals surface area contributed by atoms with Gasteiger partial charge >= 0.3 is 6.18 Å². The summed E-state index contributed by atoms with van der Waals surface area (Å²) in [5.74, 6) is 1.10. The fourth-order valence-electron chi connectivity index (χ4n) is 5.24. The maximum atomic E-state index is 13.3. The van der Waals surface area contributed by atoms with Gasteiger partial charge in [0.15, 0.2) is 8.32 Å². The molecule has 1 fully saturated rings. The van der Waals surface area contributed by atoms with Gasteiger partial charge in [-0.05, 0) is 99.5 Å². The Kier molecular flexibility index (Phi) is 8.17. The summed E-state index contributed by atoms with van der Waals surface area (Å²) in [4.78, 5) is 9.27. The molecule has 0 aliphatic heterocycles. The zero-order valence-electron chi connectivity index (χ0n) is 24.8. The largest absolute Gasteiger partial charge is 0.416 e. The van der Waals surface area contributed by atoms with Crippen LogP contribution in [0.1, 0.15) is 87.5 Å². The first-order valence-electron chi connectivity index (χ1n) is 14.0. The molecule has 218 valence electrons. The van der Waals surface area contributed by atoms with E-state index < -0.39 is 31.7 Å². The number of halogens is 3. The fraction of sp³-hybridized carbons (Fsp3) is 0.548. The molecule has 1 aliphatic carbocycles. The number of aliphatic hydroxyl groups is 1. The Morgan fingerprint density at radius 2 is 1.70 bits per heavy atom. The van der Waals surface area contributed by atoms with E-state index in [0.29, 0.717) is 30.0 Å². The molecule has 0 saturated heterocycles. The SMILES string of the molecule is Cc1nc(N[C@H](C)c2cccc(C(F)(F)F)c2)c2cc(C3(O)CCC(O[Si](C)(C)C(C)(C)C)CC3)cc(C)c2n1. The highest BCUT2D eigenvalue weighted by atomic mass is 28.4. The highest BCUT2D eigenvalue weighted by molar-refractivity contribution is 6.74. The third-order valence-corrected chi connectivity index (χ3v) is 13.3. The van der Waals surface area contributed by atoms with Gasteiger partial charge in [-0.15, -0.1) is 0 Å².